The summed E-state index contributed by atoms with van der Waals surface area (Å²) in [6.45, 7) is 15.9. The number of nitriles is 2. The molecule has 16 heteroatoms. The van der Waals surface area contributed by atoms with Gasteiger partial charge in [-0.1, -0.05) is 27.7 Å². The largest absolute Gasteiger partial charge is 0.481 e. The van der Waals surface area contributed by atoms with E-state index in [1.54, 1.807) is 39.0 Å². The minimum absolute atomic E-state index is 0.128. The predicted molar refractivity (Wildman–Crippen MR) is 224 cm³/mol. The molecule has 0 aromatic carbocycles. The van der Waals surface area contributed by atoms with Crippen molar-refractivity contribution in [1.29, 1.82) is 10.5 Å². The second kappa shape index (κ2) is 17.7. The second-order valence-electron chi connectivity index (χ2n) is 15.1. The van der Waals surface area contributed by atoms with Gasteiger partial charge in [0.05, 0.1) is 48.8 Å². The van der Waals surface area contributed by atoms with Gasteiger partial charge in [0.15, 0.2) is 11.4 Å². The Labute approximate surface area is 338 Å². The van der Waals surface area contributed by atoms with Gasteiger partial charge in [-0.25, -0.2) is 39.9 Å². The zero-order valence-corrected chi connectivity index (χ0v) is 34.6. The lowest BCUT2D eigenvalue weighted by Crippen LogP contribution is -2.29. The summed E-state index contributed by atoms with van der Waals surface area (Å²) >= 11 is 0. The van der Waals surface area contributed by atoms with Gasteiger partial charge in [-0.05, 0) is 74.6 Å². The van der Waals surface area contributed by atoms with Gasteiger partial charge < -0.3 is 31.6 Å². The number of anilines is 4. The van der Waals surface area contributed by atoms with Crippen molar-refractivity contribution in [2.24, 2.45) is 11.5 Å². The Hall–Kier alpha value is -6.62. The van der Waals surface area contributed by atoms with E-state index in [0.29, 0.717) is 57.8 Å². The molecule has 0 unspecified atom stereocenters. The number of hydrogen-bond donors (Lipinski definition) is 4. The predicted octanol–water partition coefficient (Wildman–Crippen LogP) is 7.50. The zero-order chi connectivity index (χ0) is 42.4. The molecule has 58 heavy (non-hydrogen) atoms. The summed E-state index contributed by atoms with van der Waals surface area (Å²) in [5.74, 6) is 3.47. The number of rotatable bonds is 12. The number of aromatic nitrogens is 8. The van der Waals surface area contributed by atoms with E-state index in [9.17, 15) is 10.5 Å². The highest BCUT2D eigenvalue weighted by atomic mass is 16.5. The summed E-state index contributed by atoms with van der Waals surface area (Å²) in [4.78, 5) is 35.3. The van der Waals surface area contributed by atoms with E-state index in [2.05, 4.69) is 76.5 Å². The van der Waals surface area contributed by atoms with Crippen LogP contribution >= 0.6 is 0 Å². The van der Waals surface area contributed by atoms with Crippen LogP contribution in [0, 0.1) is 22.7 Å². The van der Waals surface area contributed by atoms with Crippen LogP contribution in [-0.4, -0.2) is 54.1 Å². The fourth-order valence-corrected chi connectivity index (χ4v) is 6.15. The van der Waals surface area contributed by atoms with Crippen LogP contribution in [0.5, 0.6) is 11.8 Å². The molecule has 0 aliphatic heterocycles. The van der Waals surface area contributed by atoms with Gasteiger partial charge in [0.25, 0.3) is 0 Å². The van der Waals surface area contributed by atoms with Gasteiger partial charge in [-0.2, -0.15) is 10.5 Å². The second-order valence-corrected chi connectivity index (χ2v) is 15.1. The standard InChI is InChI=1S/2C21H25N7O/c2*1-6-12(2)19-16(8-22)24-11-18(28-19)27-17-7-13-14(9-25-17)20(29-5)26-10-15(13)21(3,4)23/h2*7,9-12H,6,23H2,1-5H3,(H,25,27,28)/t2*12-/m10/s1. The van der Waals surface area contributed by atoms with Crippen molar-refractivity contribution in [1.82, 2.24) is 39.9 Å². The molecule has 16 nitrogen and oxygen atoms in total. The number of nitrogens with one attached hydrogen (secondary N) is 2. The van der Waals surface area contributed by atoms with Crippen LogP contribution < -0.4 is 31.6 Å². The molecule has 0 fully saturated rings. The Kier molecular flexibility index (Phi) is 13.0. The normalized spacial score (nSPS) is 12.4. The molecule has 0 aliphatic carbocycles. The van der Waals surface area contributed by atoms with Crippen molar-refractivity contribution in [2.75, 3.05) is 24.9 Å². The molecule has 0 spiro atoms. The highest BCUT2D eigenvalue weighted by molar-refractivity contribution is 5.92. The Bertz CT molecular complexity index is 2340. The average Bonchev–Trinajstić information content (AvgIpc) is 3.21. The van der Waals surface area contributed by atoms with Crippen LogP contribution in [0.25, 0.3) is 21.5 Å². The topological polar surface area (TPSA) is 245 Å². The summed E-state index contributed by atoms with van der Waals surface area (Å²) in [6, 6.07) is 8.01. The van der Waals surface area contributed by atoms with Gasteiger partial charge in [-0.15, -0.1) is 0 Å². The Balaban J connectivity index is 0.000000221. The van der Waals surface area contributed by atoms with Crippen molar-refractivity contribution < 1.29 is 9.47 Å². The number of nitrogens with two attached hydrogens (primary N) is 2. The van der Waals surface area contributed by atoms with E-state index in [-0.39, 0.29) is 11.8 Å². The number of ether oxygens (including phenoxy) is 2. The van der Waals surface area contributed by atoms with Crippen LogP contribution in [0.2, 0.25) is 0 Å². The number of fused-ring (bicyclic) bond motifs is 2. The molecular formula is C42H50N14O2. The maximum absolute atomic E-state index is 9.30. The summed E-state index contributed by atoms with van der Waals surface area (Å²) < 4.78 is 10.7. The SMILES string of the molecule is CC[C@@H](C)c1nc(Nc2cc3c(C(C)(C)N)cnc(OC)c3cn2)cnc1C#N.CC[C@H](C)c1nc(Nc2cc3c(C(C)(C)N)cnc(OC)c3cn2)cnc1C#N. The third-order valence-corrected chi connectivity index (χ3v) is 9.73. The third kappa shape index (κ3) is 9.32. The lowest BCUT2D eigenvalue weighted by atomic mass is 9.93. The average molecular weight is 783 g/mol. The molecule has 0 radical (unpaired) electrons. The first-order chi connectivity index (χ1) is 27.6. The lowest BCUT2D eigenvalue weighted by Gasteiger charge is -2.22. The van der Waals surface area contributed by atoms with Gasteiger partial charge in [0, 0.05) is 47.7 Å². The van der Waals surface area contributed by atoms with Crippen molar-refractivity contribution in [2.45, 2.75) is 91.1 Å². The molecule has 0 saturated carbocycles. The lowest BCUT2D eigenvalue weighted by molar-refractivity contribution is 0.402. The van der Waals surface area contributed by atoms with Crippen LogP contribution in [-0.2, 0) is 11.1 Å². The number of methoxy groups -OCH3 is 2. The quantitative estimate of drug-likeness (QED) is 0.0938. The highest BCUT2D eigenvalue weighted by Gasteiger charge is 2.23. The van der Waals surface area contributed by atoms with E-state index in [0.717, 1.165) is 45.5 Å². The fourth-order valence-electron chi connectivity index (χ4n) is 6.15. The first-order valence-corrected chi connectivity index (χ1v) is 18.9. The van der Waals surface area contributed by atoms with E-state index in [1.165, 1.54) is 12.4 Å². The summed E-state index contributed by atoms with van der Waals surface area (Å²) in [6.07, 6.45) is 11.7. The first kappa shape index (κ1) is 42.5. The monoisotopic (exact) mass is 782 g/mol. The molecule has 0 bridgehead atoms. The van der Waals surface area contributed by atoms with E-state index < -0.39 is 11.1 Å². The summed E-state index contributed by atoms with van der Waals surface area (Å²) in [5, 5.41) is 28.3. The molecule has 6 rings (SSSR count). The third-order valence-electron chi connectivity index (χ3n) is 9.73. The minimum atomic E-state index is -0.589. The molecule has 6 aromatic heterocycles. The smallest absolute Gasteiger partial charge is 0.222 e. The molecule has 6 N–H and O–H groups in total. The Morgan fingerprint density at radius 2 is 0.966 bits per heavy atom. The highest BCUT2D eigenvalue weighted by Crippen LogP contribution is 2.34. The molecular weight excluding hydrogens is 733 g/mol. The van der Waals surface area contributed by atoms with Gasteiger partial charge in [0.2, 0.25) is 11.8 Å². The van der Waals surface area contributed by atoms with Crippen molar-refractivity contribution >= 4 is 44.8 Å². The van der Waals surface area contributed by atoms with Gasteiger partial charge >= 0.3 is 0 Å². The molecule has 0 aliphatic rings. The fraction of sp³-hybridized carbons (Fsp3) is 0.381. The zero-order valence-electron chi connectivity index (χ0n) is 34.6. The Morgan fingerprint density at radius 1 is 0.586 bits per heavy atom. The molecule has 2 atom stereocenters. The van der Waals surface area contributed by atoms with Crippen LogP contribution in [0.4, 0.5) is 23.3 Å². The van der Waals surface area contributed by atoms with Crippen molar-refractivity contribution in [3.63, 3.8) is 0 Å². The number of pyridine rings is 4. The van der Waals surface area contributed by atoms with Crippen molar-refractivity contribution in [3.05, 3.63) is 83.2 Å². The summed E-state index contributed by atoms with van der Waals surface area (Å²) in [5.41, 5.74) is 15.3. The van der Waals surface area contributed by atoms with Gasteiger partial charge in [-0.3, -0.25) is 0 Å². The maximum atomic E-state index is 9.30. The minimum Gasteiger partial charge on any atom is -0.481 e. The van der Waals surface area contributed by atoms with Crippen molar-refractivity contribution in [3.8, 4) is 23.9 Å². The number of nitrogens with zero attached hydrogens (tertiary/aromatic N) is 10. The van der Waals surface area contributed by atoms with E-state index in [1.807, 2.05) is 53.7 Å². The molecule has 6 aromatic rings. The van der Waals surface area contributed by atoms with E-state index in [4.69, 9.17) is 20.9 Å². The maximum Gasteiger partial charge on any atom is 0.222 e. The Morgan fingerprint density at radius 3 is 1.28 bits per heavy atom. The molecule has 0 saturated heterocycles. The van der Waals surface area contributed by atoms with Crippen LogP contribution in [0.15, 0.2) is 49.3 Å². The molecule has 6 heterocycles. The first-order valence-electron chi connectivity index (χ1n) is 18.9. The van der Waals surface area contributed by atoms with E-state index >= 15 is 0 Å². The van der Waals surface area contributed by atoms with Crippen LogP contribution in [0.1, 0.15) is 114 Å². The van der Waals surface area contributed by atoms with Gasteiger partial charge in [0.1, 0.15) is 35.4 Å². The molecule has 0 amide bonds. The van der Waals surface area contributed by atoms with Crippen LogP contribution in [0.3, 0.4) is 0 Å². The number of hydrogen-bond acceptors (Lipinski definition) is 16. The summed E-state index contributed by atoms with van der Waals surface area (Å²) in [7, 11) is 3.15. The molecule has 300 valence electrons.